The van der Waals surface area contributed by atoms with Gasteiger partial charge in [0.2, 0.25) is 5.88 Å². The van der Waals surface area contributed by atoms with Gasteiger partial charge in [-0.05, 0) is 24.3 Å². The van der Waals surface area contributed by atoms with Crippen molar-refractivity contribution < 1.29 is 19.1 Å². The van der Waals surface area contributed by atoms with Gasteiger partial charge in [-0.1, -0.05) is 0 Å². The molecule has 0 radical (unpaired) electrons. The Labute approximate surface area is 126 Å². The molecule has 0 fully saturated rings. The minimum absolute atomic E-state index is 0.297. The number of methoxy groups -OCH3 is 1. The molecule has 0 aliphatic carbocycles. The lowest BCUT2D eigenvalue weighted by molar-refractivity contribution is 0.0600. The van der Waals surface area contributed by atoms with Crippen LogP contribution in [0.25, 0.3) is 0 Å². The largest absolute Gasteiger partial charge is 0.477 e. The van der Waals surface area contributed by atoms with E-state index in [9.17, 15) is 9.59 Å². The predicted molar refractivity (Wildman–Crippen MR) is 78.1 cm³/mol. The first-order chi connectivity index (χ1) is 10.7. The third-order valence-electron chi connectivity index (χ3n) is 3.35. The zero-order valence-corrected chi connectivity index (χ0v) is 12.0. The quantitative estimate of drug-likeness (QED) is 0.873. The van der Waals surface area contributed by atoms with Crippen molar-refractivity contribution in [3.8, 4) is 5.88 Å². The summed E-state index contributed by atoms with van der Waals surface area (Å²) in [5.41, 5.74) is 1.40. The number of rotatable bonds is 3. The second-order valence-electron chi connectivity index (χ2n) is 4.81. The molecule has 2 heterocycles. The van der Waals surface area contributed by atoms with E-state index in [1.54, 1.807) is 28.9 Å². The molecule has 1 aliphatic rings. The Morgan fingerprint density at radius 2 is 2.09 bits per heavy atom. The van der Waals surface area contributed by atoms with E-state index in [2.05, 4.69) is 15.2 Å². The summed E-state index contributed by atoms with van der Waals surface area (Å²) in [6.45, 7) is 1.33. The molecule has 0 spiro atoms. The molecular formula is C15H15N3O4. The predicted octanol–water partition coefficient (Wildman–Crippen LogP) is 1.70. The fraction of sp³-hybridized carbons (Fsp3) is 0.267. The van der Waals surface area contributed by atoms with Gasteiger partial charge in [0, 0.05) is 18.7 Å². The third-order valence-corrected chi connectivity index (χ3v) is 3.35. The van der Waals surface area contributed by atoms with Crippen LogP contribution < -0.4 is 10.1 Å². The lowest BCUT2D eigenvalue weighted by Crippen LogP contribution is -2.18. The van der Waals surface area contributed by atoms with Gasteiger partial charge in [-0.2, -0.15) is 5.10 Å². The molecule has 1 aromatic carbocycles. The standard InChI is InChI=1S/C15H15N3O4/c1-21-15(20)10-3-5-11(6-4-10)17-13(19)12-9-16-18-7-2-8-22-14(12)18/h3-6,9H,2,7-8H2,1H3,(H,17,19). The smallest absolute Gasteiger partial charge is 0.337 e. The van der Waals surface area contributed by atoms with E-state index in [0.29, 0.717) is 29.3 Å². The molecule has 0 saturated heterocycles. The monoisotopic (exact) mass is 301 g/mol. The summed E-state index contributed by atoms with van der Waals surface area (Å²) >= 11 is 0. The van der Waals surface area contributed by atoms with Crippen LogP contribution in [0.2, 0.25) is 0 Å². The first-order valence-corrected chi connectivity index (χ1v) is 6.87. The summed E-state index contributed by atoms with van der Waals surface area (Å²) in [5, 5.41) is 6.89. The molecule has 22 heavy (non-hydrogen) atoms. The van der Waals surface area contributed by atoms with E-state index in [4.69, 9.17) is 4.74 Å². The third kappa shape index (κ3) is 2.65. The number of ether oxygens (including phenoxy) is 2. The molecule has 1 aliphatic heterocycles. The number of nitrogens with zero attached hydrogens (tertiary/aromatic N) is 2. The number of anilines is 1. The molecule has 0 unspecified atom stereocenters. The number of aromatic nitrogens is 2. The Kier molecular flexibility index (Phi) is 3.78. The number of hydrogen-bond acceptors (Lipinski definition) is 5. The number of hydrogen-bond donors (Lipinski definition) is 1. The van der Waals surface area contributed by atoms with E-state index in [1.807, 2.05) is 0 Å². The van der Waals surface area contributed by atoms with Gasteiger partial charge in [0.15, 0.2) is 0 Å². The Balaban J connectivity index is 1.74. The molecule has 3 rings (SSSR count). The van der Waals surface area contributed by atoms with Crippen LogP contribution in [-0.2, 0) is 11.3 Å². The molecule has 7 heteroatoms. The maximum absolute atomic E-state index is 12.3. The second-order valence-corrected chi connectivity index (χ2v) is 4.81. The van der Waals surface area contributed by atoms with Crippen molar-refractivity contribution in [3.63, 3.8) is 0 Å². The summed E-state index contributed by atoms with van der Waals surface area (Å²) in [6.07, 6.45) is 2.38. The van der Waals surface area contributed by atoms with E-state index in [0.717, 1.165) is 13.0 Å². The van der Waals surface area contributed by atoms with Crippen molar-refractivity contribution in [2.75, 3.05) is 19.0 Å². The topological polar surface area (TPSA) is 82.5 Å². The number of amides is 1. The number of carbonyl (C=O) groups excluding carboxylic acids is 2. The Morgan fingerprint density at radius 1 is 1.32 bits per heavy atom. The highest BCUT2D eigenvalue weighted by Gasteiger charge is 2.21. The fourth-order valence-corrected chi connectivity index (χ4v) is 2.23. The van der Waals surface area contributed by atoms with Crippen LogP contribution in [0.5, 0.6) is 5.88 Å². The van der Waals surface area contributed by atoms with E-state index < -0.39 is 5.97 Å². The van der Waals surface area contributed by atoms with Crippen LogP contribution in [0.15, 0.2) is 30.5 Å². The normalized spacial score (nSPS) is 13.0. The number of benzene rings is 1. The van der Waals surface area contributed by atoms with Crippen LogP contribution in [0, 0.1) is 0 Å². The number of carbonyl (C=O) groups is 2. The number of aryl methyl sites for hydroxylation is 1. The summed E-state index contributed by atoms with van der Waals surface area (Å²) in [5.74, 6) is -0.221. The highest BCUT2D eigenvalue weighted by Crippen LogP contribution is 2.23. The Hall–Kier alpha value is -2.83. The van der Waals surface area contributed by atoms with Gasteiger partial charge in [-0.3, -0.25) is 4.79 Å². The Bertz CT molecular complexity index is 706. The molecule has 2 aromatic rings. The maximum atomic E-state index is 12.3. The van der Waals surface area contributed by atoms with Crippen molar-refractivity contribution >= 4 is 17.6 Å². The van der Waals surface area contributed by atoms with Crippen molar-refractivity contribution in [1.29, 1.82) is 0 Å². The fourth-order valence-electron chi connectivity index (χ4n) is 2.23. The van der Waals surface area contributed by atoms with Gasteiger partial charge >= 0.3 is 5.97 Å². The van der Waals surface area contributed by atoms with Gasteiger partial charge in [0.25, 0.3) is 5.91 Å². The average Bonchev–Trinajstić information content (AvgIpc) is 2.99. The molecule has 0 atom stereocenters. The molecule has 0 saturated carbocycles. The van der Waals surface area contributed by atoms with Crippen LogP contribution in [0.1, 0.15) is 27.1 Å². The zero-order valence-electron chi connectivity index (χ0n) is 12.0. The molecule has 1 N–H and O–H groups in total. The van der Waals surface area contributed by atoms with Crippen molar-refractivity contribution in [3.05, 3.63) is 41.6 Å². The number of esters is 1. The highest BCUT2D eigenvalue weighted by atomic mass is 16.5. The van der Waals surface area contributed by atoms with Gasteiger partial charge in [0.05, 0.1) is 25.5 Å². The minimum Gasteiger partial charge on any atom is -0.477 e. The second kappa shape index (κ2) is 5.88. The molecule has 0 bridgehead atoms. The van der Waals surface area contributed by atoms with Crippen LogP contribution in [0.4, 0.5) is 5.69 Å². The summed E-state index contributed by atoms with van der Waals surface area (Å²) in [6, 6.07) is 6.46. The van der Waals surface area contributed by atoms with Gasteiger partial charge in [0.1, 0.15) is 5.56 Å². The SMILES string of the molecule is COC(=O)c1ccc(NC(=O)c2cnn3c2OCCC3)cc1. The molecular weight excluding hydrogens is 286 g/mol. The molecule has 7 nitrogen and oxygen atoms in total. The van der Waals surface area contributed by atoms with E-state index in [-0.39, 0.29) is 5.91 Å². The highest BCUT2D eigenvalue weighted by molar-refractivity contribution is 6.06. The Morgan fingerprint density at radius 3 is 2.82 bits per heavy atom. The minimum atomic E-state index is -0.419. The van der Waals surface area contributed by atoms with Crippen molar-refractivity contribution in [2.24, 2.45) is 0 Å². The van der Waals surface area contributed by atoms with Gasteiger partial charge in [-0.25, -0.2) is 9.48 Å². The molecule has 1 aromatic heterocycles. The average molecular weight is 301 g/mol. The molecule has 114 valence electrons. The molecule has 1 amide bonds. The lowest BCUT2D eigenvalue weighted by atomic mass is 10.2. The van der Waals surface area contributed by atoms with Crippen molar-refractivity contribution in [1.82, 2.24) is 9.78 Å². The first-order valence-electron chi connectivity index (χ1n) is 6.87. The number of fused-ring (bicyclic) bond motifs is 1. The van der Waals surface area contributed by atoms with Crippen LogP contribution in [-0.4, -0.2) is 35.4 Å². The first kappa shape index (κ1) is 14.1. The van der Waals surface area contributed by atoms with E-state index in [1.165, 1.54) is 13.3 Å². The summed E-state index contributed by atoms with van der Waals surface area (Å²) < 4.78 is 11.8. The van der Waals surface area contributed by atoms with E-state index >= 15 is 0 Å². The summed E-state index contributed by atoms with van der Waals surface area (Å²) in [4.78, 5) is 23.6. The zero-order chi connectivity index (χ0) is 15.5. The van der Waals surface area contributed by atoms with Crippen LogP contribution in [0.3, 0.4) is 0 Å². The maximum Gasteiger partial charge on any atom is 0.337 e. The van der Waals surface area contributed by atoms with Crippen LogP contribution >= 0.6 is 0 Å². The van der Waals surface area contributed by atoms with Crippen molar-refractivity contribution in [2.45, 2.75) is 13.0 Å². The van der Waals surface area contributed by atoms with Gasteiger partial charge < -0.3 is 14.8 Å². The van der Waals surface area contributed by atoms with Gasteiger partial charge in [-0.15, -0.1) is 0 Å². The number of nitrogens with one attached hydrogen (secondary N) is 1. The lowest BCUT2D eigenvalue weighted by Gasteiger charge is -2.15. The summed E-state index contributed by atoms with van der Waals surface area (Å²) in [7, 11) is 1.32.